The SMILES string of the molecule is CC(COc1cccc(C(=O)NCCCC(C)(C)C)c1)N=[N+]=[N-]. The number of nitrogens with one attached hydrogen (secondary N) is 1. The summed E-state index contributed by atoms with van der Waals surface area (Å²) in [4.78, 5) is 14.9. The topological polar surface area (TPSA) is 87.1 Å². The molecule has 1 atom stereocenters. The largest absolute Gasteiger partial charge is 0.493 e. The van der Waals surface area contributed by atoms with Crippen LogP contribution in [0.3, 0.4) is 0 Å². The Morgan fingerprint density at radius 1 is 1.43 bits per heavy atom. The minimum Gasteiger partial charge on any atom is -0.493 e. The summed E-state index contributed by atoms with van der Waals surface area (Å²) in [6.45, 7) is 9.27. The molecule has 0 aliphatic rings. The van der Waals surface area contributed by atoms with Crippen molar-refractivity contribution in [2.45, 2.75) is 46.6 Å². The first-order valence-corrected chi connectivity index (χ1v) is 7.87. The Balaban J connectivity index is 2.48. The standard InChI is InChI=1S/C17H26N4O2/c1-13(20-21-18)12-23-15-8-5-7-14(11-15)16(22)19-10-6-9-17(2,3)4/h5,7-8,11,13H,6,9-10,12H2,1-4H3,(H,19,22). The number of hydrogen-bond acceptors (Lipinski definition) is 3. The van der Waals surface area contributed by atoms with Gasteiger partial charge in [-0.2, -0.15) is 0 Å². The normalized spacial score (nSPS) is 12.2. The Hall–Kier alpha value is -2.20. The molecule has 6 nitrogen and oxygen atoms in total. The lowest BCUT2D eigenvalue weighted by Gasteiger charge is -2.17. The number of nitrogens with zero attached hydrogens (tertiary/aromatic N) is 3. The van der Waals surface area contributed by atoms with Crippen LogP contribution in [0, 0.1) is 5.41 Å². The first-order valence-electron chi connectivity index (χ1n) is 7.87. The van der Waals surface area contributed by atoms with Gasteiger partial charge in [-0.25, -0.2) is 0 Å². The van der Waals surface area contributed by atoms with Crippen molar-refractivity contribution in [3.8, 4) is 5.75 Å². The molecule has 0 saturated carbocycles. The van der Waals surface area contributed by atoms with E-state index in [0.717, 1.165) is 12.8 Å². The monoisotopic (exact) mass is 318 g/mol. The highest BCUT2D eigenvalue weighted by Gasteiger charge is 2.11. The van der Waals surface area contributed by atoms with E-state index >= 15 is 0 Å². The molecule has 1 amide bonds. The van der Waals surface area contributed by atoms with E-state index in [4.69, 9.17) is 10.3 Å². The van der Waals surface area contributed by atoms with Crippen LogP contribution >= 0.6 is 0 Å². The summed E-state index contributed by atoms with van der Waals surface area (Å²) in [5.41, 5.74) is 9.20. The van der Waals surface area contributed by atoms with E-state index < -0.39 is 0 Å². The number of hydrogen-bond donors (Lipinski definition) is 1. The molecule has 1 N–H and O–H groups in total. The molecule has 0 fully saturated rings. The molecule has 1 aromatic carbocycles. The molecule has 0 spiro atoms. The molecule has 1 unspecified atom stereocenters. The molecular formula is C17H26N4O2. The van der Waals surface area contributed by atoms with E-state index in [1.54, 1.807) is 31.2 Å². The van der Waals surface area contributed by atoms with E-state index in [1.807, 2.05) is 0 Å². The molecule has 126 valence electrons. The average molecular weight is 318 g/mol. The maximum atomic E-state index is 12.1. The Morgan fingerprint density at radius 2 is 2.17 bits per heavy atom. The number of amides is 1. The van der Waals surface area contributed by atoms with Gasteiger partial charge in [0.1, 0.15) is 5.75 Å². The van der Waals surface area contributed by atoms with Crippen LogP contribution in [-0.2, 0) is 0 Å². The quantitative estimate of drug-likeness (QED) is 0.335. The van der Waals surface area contributed by atoms with Crippen molar-refractivity contribution >= 4 is 5.91 Å². The van der Waals surface area contributed by atoms with Gasteiger partial charge in [0.15, 0.2) is 0 Å². The van der Waals surface area contributed by atoms with Crippen molar-refractivity contribution in [1.82, 2.24) is 5.32 Å². The molecule has 23 heavy (non-hydrogen) atoms. The van der Waals surface area contributed by atoms with Gasteiger partial charge in [-0.05, 0) is 42.0 Å². The van der Waals surface area contributed by atoms with Gasteiger partial charge in [-0.15, -0.1) is 0 Å². The van der Waals surface area contributed by atoms with E-state index in [-0.39, 0.29) is 24.0 Å². The van der Waals surface area contributed by atoms with Gasteiger partial charge in [-0.1, -0.05) is 38.9 Å². The van der Waals surface area contributed by atoms with Crippen molar-refractivity contribution in [3.05, 3.63) is 40.3 Å². The maximum Gasteiger partial charge on any atom is 0.251 e. The van der Waals surface area contributed by atoms with Gasteiger partial charge in [-0.3, -0.25) is 4.79 Å². The Bertz CT molecular complexity index is 560. The predicted molar refractivity (Wildman–Crippen MR) is 91.6 cm³/mol. The van der Waals surface area contributed by atoms with E-state index in [2.05, 4.69) is 36.1 Å². The first-order chi connectivity index (χ1) is 10.8. The second-order valence-corrected chi connectivity index (χ2v) is 6.81. The molecule has 0 aliphatic carbocycles. The fourth-order valence-corrected chi connectivity index (χ4v) is 1.99. The minimum absolute atomic E-state index is 0.104. The van der Waals surface area contributed by atoms with Crippen molar-refractivity contribution in [3.63, 3.8) is 0 Å². The molecule has 0 saturated heterocycles. The average Bonchev–Trinajstić information content (AvgIpc) is 2.49. The van der Waals surface area contributed by atoms with Crippen LogP contribution in [0.5, 0.6) is 5.75 Å². The number of carbonyl (C=O) groups excluding carboxylic acids is 1. The Kier molecular flexibility index (Phi) is 7.42. The summed E-state index contributed by atoms with van der Waals surface area (Å²) in [7, 11) is 0. The van der Waals surface area contributed by atoms with Gasteiger partial charge in [0.25, 0.3) is 5.91 Å². The zero-order valence-corrected chi connectivity index (χ0v) is 14.4. The predicted octanol–water partition coefficient (Wildman–Crippen LogP) is 4.32. The second kappa shape index (κ2) is 9.06. The Morgan fingerprint density at radius 3 is 2.83 bits per heavy atom. The van der Waals surface area contributed by atoms with E-state index in [0.29, 0.717) is 17.9 Å². The zero-order chi connectivity index (χ0) is 17.3. The number of carbonyl (C=O) groups is 1. The van der Waals surface area contributed by atoms with Crippen LogP contribution in [-0.4, -0.2) is 25.1 Å². The van der Waals surface area contributed by atoms with Crippen LogP contribution in [0.25, 0.3) is 10.4 Å². The van der Waals surface area contributed by atoms with Crippen LogP contribution < -0.4 is 10.1 Å². The molecule has 0 radical (unpaired) electrons. The lowest BCUT2D eigenvalue weighted by molar-refractivity contribution is 0.0951. The highest BCUT2D eigenvalue weighted by molar-refractivity contribution is 5.94. The molecule has 1 rings (SSSR count). The summed E-state index contributed by atoms with van der Waals surface area (Å²) in [5, 5.41) is 6.47. The van der Waals surface area contributed by atoms with Crippen molar-refractivity contribution in [1.29, 1.82) is 0 Å². The smallest absolute Gasteiger partial charge is 0.251 e. The summed E-state index contributed by atoms with van der Waals surface area (Å²) >= 11 is 0. The van der Waals surface area contributed by atoms with Gasteiger partial charge in [0, 0.05) is 17.0 Å². The lowest BCUT2D eigenvalue weighted by atomic mass is 9.91. The summed E-state index contributed by atoms with van der Waals surface area (Å²) in [5.74, 6) is 0.486. The van der Waals surface area contributed by atoms with Crippen LogP contribution in [0.2, 0.25) is 0 Å². The second-order valence-electron chi connectivity index (χ2n) is 6.81. The van der Waals surface area contributed by atoms with Crippen molar-refractivity contribution < 1.29 is 9.53 Å². The molecule has 0 aromatic heterocycles. The fraction of sp³-hybridized carbons (Fsp3) is 0.588. The maximum absolute atomic E-state index is 12.1. The fourth-order valence-electron chi connectivity index (χ4n) is 1.99. The molecule has 1 aromatic rings. The minimum atomic E-state index is -0.255. The van der Waals surface area contributed by atoms with Gasteiger partial charge in [0.05, 0.1) is 12.6 Å². The number of azide groups is 1. The first kappa shape index (κ1) is 18.8. The summed E-state index contributed by atoms with van der Waals surface area (Å²) in [6.07, 6.45) is 2.02. The number of benzene rings is 1. The summed E-state index contributed by atoms with van der Waals surface area (Å²) in [6, 6.07) is 6.75. The third-order valence-corrected chi connectivity index (χ3v) is 3.23. The van der Waals surface area contributed by atoms with E-state index in [9.17, 15) is 4.79 Å². The van der Waals surface area contributed by atoms with Crippen LogP contribution in [0.15, 0.2) is 29.4 Å². The lowest BCUT2D eigenvalue weighted by Crippen LogP contribution is -2.25. The van der Waals surface area contributed by atoms with Gasteiger partial charge >= 0.3 is 0 Å². The number of rotatable bonds is 8. The van der Waals surface area contributed by atoms with Crippen LogP contribution in [0.1, 0.15) is 50.9 Å². The van der Waals surface area contributed by atoms with Crippen molar-refractivity contribution in [2.24, 2.45) is 10.5 Å². The van der Waals surface area contributed by atoms with E-state index in [1.165, 1.54) is 0 Å². The highest BCUT2D eigenvalue weighted by atomic mass is 16.5. The Labute approximate surface area is 137 Å². The zero-order valence-electron chi connectivity index (χ0n) is 14.4. The number of ether oxygens (including phenoxy) is 1. The third kappa shape index (κ3) is 8.12. The molecule has 0 aliphatic heterocycles. The van der Waals surface area contributed by atoms with Gasteiger partial charge < -0.3 is 10.1 Å². The summed E-state index contributed by atoms with van der Waals surface area (Å²) < 4.78 is 5.54. The van der Waals surface area contributed by atoms with Gasteiger partial charge in [0.2, 0.25) is 0 Å². The molecular weight excluding hydrogens is 292 g/mol. The molecule has 6 heteroatoms. The molecule has 0 bridgehead atoms. The molecule has 0 heterocycles. The van der Waals surface area contributed by atoms with Crippen molar-refractivity contribution in [2.75, 3.05) is 13.2 Å². The van der Waals surface area contributed by atoms with Crippen LogP contribution in [0.4, 0.5) is 0 Å². The highest BCUT2D eigenvalue weighted by Crippen LogP contribution is 2.20. The third-order valence-electron chi connectivity index (χ3n) is 3.23.